The molecule has 0 spiro atoms. The molecule has 2 aromatic carbocycles. The number of carboxylic acid groups (broad SMARTS) is 1. The minimum Gasteiger partial charge on any atom is -0.478 e. The zero-order valence-corrected chi connectivity index (χ0v) is 20.3. The fourth-order valence-electron chi connectivity index (χ4n) is 3.79. The molecule has 1 unspecified atom stereocenters. The van der Waals surface area contributed by atoms with Gasteiger partial charge in [-0.1, -0.05) is 68.8 Å². The van der Waals surface area contributed by atoms with Gasteiger partial charge < -0.3 is 15.7 Å². The van der Waals surface area contributed by atoms with Gasteiger partial charge in [-0.25, -0.2) is 9.59 Å². The lowest BCUT2D eigenvalue weighted by molar-refractivity contribution is 0.0700. The van der Waals surface area contributed by atoms with Gasteiger partial charge in [0.2, 0.25) is 0 Å². The van der Waals surface area contributed by atoms with Crippen molar-refractivity contribution in [2.45, 2.75) is 32.2 Å². The number of benzene rings is 2. The van der Waals surface area contributed by atoms with Crippen molar-refractivity contribution in [3.63, 3.8) is 0 Å². The number of fused-ring (bicyclic) bond motifs is 1. The van der Waals surface area contributed by atoms with Crippen LogP contribution in [0.25, 0.3) is 10.9 Å². The van der Waals surface area contributed by atoms with Crippen molar-refractivity contribution in [3.05, 3.63) is 100 Å². The molecule has 178 valence electrons. The van der Waals surface area contributed by atoms with Gasteiger partial charge in [-0.05, 0) is 35.9 Å². The van der Waals surface area contributed by atoms with Crippen molar-refractivity contribution in [3.8, 4) is 0 Å². The number of anilines is 1. The van der Waals surface area contributed by atoms with Crippen molar-refractivity contribution >= 4 is 40.2 Å². The molecule has 4 rings (SSSR count). The molecule has 35 heavy (non-hydrogen) atoms. The summed E-state index contributed by atoms with van der Waals surface area (Å²) in [5.74, 6) is -1.22. The monoisotopic (exact) mass is 488 g/mol. The second-order valence-corrected chi connectivity index (χ2v) is 9.53. The predicted molar refractivity (Wildman–Crippen MR) is 137 cm³/mol. The summed E-state index contributed by atoms with van der Waals surface area (Å²) in [5, 5.41) is 16.4. The van der Waals surface area contributed by atoms with E-state index in [0.29, 0.717) is 16.8 Å². The summed E-state index contributed by atoms with van der Waals surface area (Å²) in [5.41, 5.74) is 2.02. The van der Waals surface area contributed by atoms with Gasteiger partial charge in [-0.3, -0.25) is 9.97 Å². The van der Waals surface area contributed by atoms with Crippen LogP contribution in [0.1, 0.15) is 54.1 Å². The number of urea groups is 1. The molecule has 0 aliphatic rings. The van der Waals surface area contributed by atoms with E-state index in [0.717, 1.165) is 5.56 Å². The molecule has 0 aliphatic heterocycles. The van der Waals surface area contributed by atoms with E-state index in [9.17, 15) is 14.7 Å². The molecule has 0 aliphatic carbocycles. The summed E-state index contributed by atoms with van der Waals surface area (Å²) < 4.78 is 0. The molecule has 7 nitrogen and oxygen atoms in total. The summed E-state index contributed by atoms with van der Waals surface area (Å²) >= 11 is 6.47. The third kappa shape index (κ3) is 5.25. The Balaban J connectivity index is 1.73. The first-order chi connectivity index (χ1) is 16.6. The fraction of sp³-hybridized carbons (Fsp3) is 0.185. The number of aromatic nitrogens is 2. The van der Waals surface area contributed by atoms with E-state index in [1.54, 1.807) is 18.3 Å². The zero-order valence-electron chi connectivity index (χ0n) is 19.5. The summed E-state index contributed by atoms with van der Waals surface area (Å²) in [4.78, 5) is 34.4. The standard InChI is InChI=1S/C27H25ClN4O3/c1-27(2,3)21-13-12-17-18(28)15-20(22(25(33)34)24(17)31-21)30-26(35)32-23(16-9-5-4-6-10-16)19-11-7-8-14-29-19/h4-15,23H,1-3H3,(H,33,34)(H2,30,32,35). The number of hydrogen-bond donors (Lipinski definition) is 3. The van der Waals surface area contributed by atoms with E-state index in [1.807, 2.05) is 69.3 Å². The molecular formula is C27H25ClN4O3. The molecule has 2 aromatic heterocycles. The summed E-state index contributed by atoms with van der Waals surface area (Å²) in [6.07, 6.45) is 1.65. The normalized spacial score (nSPS) is 12.2. The first-order valence-corrected chi connectivity index (χ1v) is 11.4. The van der Waals surface area contributed by atoms with Crippen LogP contribution in [0.5, 0.6) is 0 Å². The lowest BCUT2D eigenvalue weighted by Crippen LogP contribution is -2.34. The molecule has 0 saturated heterocycles. The van der Waals surface area contributed by atoms with Gasteiger partial charge in [0.1, 0.15) is 5.56 Å². The Morgan fingerprint density at radius 2 is 1.71 bits per heavy atom. The molecule has 0 fully saturated rings. The number of rotatable bonds is 5. The zero-order chi connectivity index (χ0) is 25.2. The van der Waals surface area contributed by atoms with E-state index in [2.05, 4.69) is 20.6 Å². The third-order valence-electron chi connectivity index (χ3n) is 5.55. The van der Waals surface area contributed by atoms with Crippen molar-refractivity contribution in [1.29, 1.82) is 0 Å². The van der Waals surface area contributed by atoms with Gasteiger partial charge in [-0.15, -0.1) is 0 Å². The first kappa shape index (κ1) is 24.2. The lowest BCUT2D eigenvalue weighted by atomic mass is 9.91. The number of amides is 2. The minimum atomic E-state index is -1.22. The molecule has 0 radical (unpaired) electrons. The quantitative estimate of drug-likeness (QED) is 0.310. The number of halogens is 1. The molecule has 1 atom stereocenters. The van der Waals surface area contributed by atoms with Crippen LogP contribution in [0.3, 0.4) is 0 Å². The van der Waals surface area contributed by atoms with Crippen LogP contribution in [0.4, 0.5) is 10.5 Å². The van der Waals surface area contributed by atoms with Gasteiger partial charge in [-0.2, -0.15) is 0 Å². The second kappa shape index (κ2) is 9.72. The van der Waals surface area contributed by atoms with E-state index in [-0.39, 0.29) is 27.2 Å². The fourth-order valence-corrected chi connectivity index (χ4v) is 4.05. The molecular weight excluding hydrogens is 464 g/mol. The van der Waals surface area contributed by atoms with Crippen LogP contribution < -0.4 is 10.6 Å². The molecule has 3 N–H and O–H groups in total. The van der Waals surface area contributed by atoms with Crippen molar-refractivity contribution in [1.82, 2.24) is 15.3 Å². The van der Waals surface area contributed by atoms with Crippen LogP contribution in [0, 0.1) is 0 Å². The molecule has 2 amide bonds. The smallest absolute Gasteiger partial charge is 0.340 e. The van der Waals surface area contributed by atoms with Crippen LogP contribution in [-0.4, -0.2) is 27.1 Å². The van der Waals surface area contributed by atoms with Crippen LogP contribution >= 0.6 is 11.6 Å². The minimum absolute atomic E-state index is 0.0545. The Morgan fingerprint density at radius 1 is 1.00 bits per heavy atom. The number of carboxylic acids is 1. The van der Waals surface area contributed by atoms with Gasteiger partial charge in [0, 0.05) is 22.7 Å². The van der Waals surface area contributed by atoms with Crippen LogP contribution in [-0.2, 0) is 5.41 Å². The Morgan fingerprint density at radius 3 is 2.34 bits per heavy atom. The molecule has 0 saturated carbocycles. The maximum atomic E-state index is 13.1. The average Bonchev–Trinajstić information content (AvgIpc) is 2.82. The summed E-state index contributed by atoms with van der Waals surface area (Å²) in [6, 6.07) is 18.7. The van der Waals surface area contributed by atoms with Gasteiger partial charge in [0.15, 0.2) is 0 Å². The average molecular weight is 489 g/mol. The Bertz CT molecular complexity index is 1350. The molecule has 8 heteroatoms. The number of hydrogen-bond acceptors (Lipinski definition) is 4. The maximum absolute atomic E-state index is 13.1. The van der Waals surface area contributed by atoms with Crippen molar-refractivity contribution in [2.75, 3.05) is 5.32 Å². The molecule has 2 heterocycles. The number of carbonyl (C=O) groups excluding carboxylic acids is 1. The SMILES string of the molecule is CC(C)(C)c1ccc2c(Cl)cc(NC(=O)NC(c3ccccc3)c3ccccn3)c(C(=O)O)c2n1. The third-order valence-corrected chi connectivity index (χ3v) is 5.86. The maximum Gasteiger partial charge on any atom is 0.340 e. The highest BCUT2D eigenvalue weighted by Gasteiger charge is 2.24. The Labute approximate surface area is 208 Å². The highest BCUT2D eigenvalue weighted by molar-refractivity contribution is 6.36. The number of nitrogens with zero attached hydrogens (tertiary/aromatic N) is 2. The van der Waals surface area contributed by atoms with E-state index in [1.165, 1.54) is 6.07 Å². The van der Waals surface area contributed by atoms with Crippen LogP contribution in [0.15, 0.2) is 72.9 Å². The number of pyridine rings is 2. The highest BCUT2D eigenvalue weighted by Crippen LogP contribution is 2.34. The molecule has 4 aromatic rings. The van der Waals surface area contributed by atoms with E-state index in [4.69, 9.17) is 11.6 Å². The lowest BCUT2D eigenvalue weighted by Gasteiger charge is -2.21. The predicted octanol–water partition coefficient (Wildman–Crippen LogP) is 6.19. The number of carbonyl (C=O) groups is 2. The number of aromatic carboxylic acids is 1. The van der Waals surface area contributed by atoms with Gasteiger partial charge >= 0.3 is 12.0 Å². The van der Waals surface area contributed by atoms with Gasteiger partial charge in [0.05, 0.1) is 28.0 Å². The number of nitrogens with one attached hydrogen (secondary N) is 2. The van der Waals surface area contributed by atoms with Crippen LogP contribution in [0.2, 0.25) is 5.02 Å². The van der Waals surface area contributed by atoms with E-state index < -0.39 is 18.0 Å². The topological polar surface area (TPSA) is 104 Å². The summed E-state index contributed by atoms with van der Waals surface area (Å²) in [7, 11) is 0. The van der Waals surface area contributed by atoms with Crippen molar-refractivity contribution in [2.24, 2.45) is 0 Å². The Kier molecular flexibility index (Phi) is 6.71. The largest absolute Gasteiger partial charge is 0.478 e. The van der Waals surface area contributed by atoms with Gasteiger partial charge in [0.25, 0.3) is 0 Å². The second-order valence-electron chi connectivity index (χ2n) is 9.13. The highest BCUT2D eigenvalue weighted by atomic mass is 35.5. The molecule has 0 bridgehead atoms. The van der Waals surface area contributed by atoms with Crippen molar-refractivity contribution < 1.29 is 14.7 Å². The summed E-state index contributed by atoms with van der Waals surface area (Å²) in [6.45, 7) is 5.96. The van der Waals surface area contributed by atoms with E-state index >= 15 is 0 Å². The first-order valence-electron chi connectivity index (χ1n) is 11.1. The Hall–Kier alpha value is -3.97.